The zero-order chi connectivity index (χ0) is 19.9. The third-order valence-electron chi connectivity index (χ3n) is 4.40. The van der Waals surface area contributed by atoms with Crippen LogP contribution in [0.15, 0.2) is 27.6 Å². The van der Waals surface area contributed by atoms with Gasteiger partial charge in [0.15, 0.2) is 5.82 Å². The summed E-state index contributed by atoms with van der Waals surface area (Å²) >= 11 is 1.32. The van der Waals surface area contributed by atoms with Crippen molar-refractivity contribution in [3.05, 3.63) is 40.0 Å². The lowest BCUT2D eigenvalue weighted by atomic mass is 10.1. The largest absolute Gasteiger partial charge is 0.495 e. The fourth-order valence-electron chi connectivity index (χ4n) is 3.10. The summed E-state index contributed by atoms with van der Waals surface area (Å²) in [6, 6.07) is 5.01. The van der Waals surface area contributed by atoms with Gasteiger partial charge in [-0.2, -0.15) is 4.98 Å². The molecule has 0 spiro atoms. The highest BCUT2D eigenvalue weighted by Gasteiger charge is 2.29. The highest BCUT2D eigenvalue weighted by molar-refractivity contribution is 7.93. The maximum Gasteiger partial charge on any atom is 0.266 e. The molecule has 0 fully saturated rings. The van der Waals surface area contributed by atoms with E-state index in [9.17, 15) is 8.42 Å². The first kappa shape index (κ1) is 18.9. The van der Waals surface area contributed by atoms with Gasteiger partial charge in [-0.05, 0) is 43.5 Å². The second-order valence-electron chi connectivity index (χ2n) is 6.42. The van der Waals surface area contributed by atoms with E-state index in [4.69, 9.17) is 14.0 Å². The number of aromatic nitrogens is 2. The summed E-state index contributed by atoms with van der Waals surface area (Å²) in [5.41, 5.74) is 2.42. The van der Waals surface area contributed by atoms with Crippen LogP contribution in [0.2, 0.25) is 0 Å². The summed E-state index contributed by atoms with van der Waals surface area (Å²) in [6.45, 7) is 4.53. The normalized spacial score (nSPS) is 14.0. The second-order valence-corrected chi connectivity index (χ2v) is 9.17. The average Bonchev–Trinajstić information content (AvgIpc) is 3.23. The van der Waals surface area contributed by atoms with E-state index in [0.29, 0.717) is 41.9 Å². The first-order chi connectivity index (χ1) is 13.4. The molecule has 0 saturated heterocycles. The Labute approximate surface area is 166 Å². The molecule has 1 aromatic carbocycles. The molecule has 1 aliphatic rings. The zero-order valence-electron chi connectivity index (χ0n) is 15.6. The fourth-order valence-corrected chi connectivity index (χ4v) is 5.84. The maximum absolute atomic E-state index is 13.2. The highest BCUT2D eigenvalue weighted by Crippen LogP contribution is 2.43. The van der Waals surface area contributed by atoms with Crippen molar-refractivity contribution in [2.45, 2.75) is 31.8 Å². The number of aryl methyl sites for hydroxylation is 2. The molecule has 0 unspecified atom stereocenters. The van der Waals surface area contributed by atoms with Gasteiger partial charge in [-0.1, -0.05) is 11.2 Å². The molecule has 0 radical (unpaired) electrons. The lowest BCUT2D eigenvalue weighted by Crippen LogP contribution is -2.14. The number of benzene rings is 1. The predicted molar refractivity (Wildman–Crippen MR) is 104 cm³/mol. The van der Waals surface area contributed by atoms with Gasteiger partial charge < -0.3 is 14.0 Å². The molecule has 2 aromatic heterocycles. The van der Waals surface area contributed by atoms with Gasteiger partial charge in [0.25, 0.3) is 15.9 Å². The van der Waals surface area contributed by atoms with Crippen LogP contribution in [0, 0.1) is 13.8 Å². The molecule has 10 heteroatoms. The smallest absolute Gasteiger partial charge is 0.266 e. The Morgan fingerprint density at radius 3 is 2.82 bits per heavy atom. The second kappa shape index (κ2) is 7.19. The van der Waals surface area contributed by atoms with E-state index in [0.717, 1.165) is 16.0 Å². The molecule has 0 amide bonds. The van der Waals surface area contributed by atoms with E-state index >= 15 is 0 Å². The van der Waals surface area contributed by atoms with E-state index in [2.05, 4.69) is 14.9 Å². The molecule has 148 valence electrons. The average molecular weight is 422 g/mol. The first-order valence-corrected chi connectivity index (χ1v) is 10.9. The number of nitrogens with one attached hydrogen (secondary N) is 1. The van der Waals surface area contributed by atoms with Crippen LogP contribution in [0.1, 0.15) is 21.8 Å². The van der Waals surface area contributed by atoms with E-state index in [1.165, 1.54) is 18.4 Å². The molecule has 3 aromatic rings. The van der Waals surface area contributed by atoms with Crippen LogP contribution in [-0.4, -0.2) is 32.3 Å². The van der Waals surface area contributed by atoms with Crippen molar-refractivity contribution < 1.29 is 22.4 Å². The number of thiophene rings is 1. The molecule has 4 rings (SSSR count). The van der Waals surface area contributed by atoms with Gasteiger partial charge in [-0.3, -0.25) is 4.72 Å². The van der Waals surface area contributed by atoms with E-state index in [1.54, 1.807) is 25.1 Å². The lowest BCUT2D eigenvalue weighted by Gasteiger charge is -2.13. The molecule has 1 aliphatic heterocycles. The van der Waals surface area contributed by atoms with Gasteiger partial charge in [-0.15, -0.1) is 11.3 Å². The number of anilines is 1. The predicted octanol–water partition coefficient (Wildman–Crippen LogP) is 3.30. The molecule has 0 bridgehead atoms. The van der Waals surface area contributed by atoms with E-state index < -0.39 is 10.0 Å². The Balaban J connectivity index is 1.82. The monoisotopic (exact) mass is 421 g/mol. The summed E-state index contributed by atoms with van der Waals surface area (Å²) in [4.78, 5) is 5.33. The molecular weight excluding hydrogens is 402 g/mol. The Morgan fingerprint density at radius 1 is 1.29 bits per heavy atom. The third kappa shape index (κ3) is 3.38. The Bertz CT molecular complexity index is 1130. The summed E-state index contributed by atoms with van der Waals surface area (Å²) in [6.07, 6.45) is 0.651. The topological polar surface area (TPSA) is 104 Å². The zero-order valence-corrected chi connectivity index (χ0v) is 17.2. The van der Waals surface area contributed by atoms with Crippen LogP contribution in [-0.2, 0) is 27.8 Å². The van der Waals surface area contributed by atoms with Crippen LogP contribution in [0.5, 0.6) is 5.75 Å². The summed E-state index contributed by atoms with van der Waals surface area (Å²) < 4.78 is 45.1. The van der Waals surface area contributed by atoms with Gasteiger partial charge in [0.2, 0.25) is 0 Å². The Morgan fingerprint density at radius 2 is 2.11 bits per heavy atom. The van der Waals surface area contributed by atoms with Crippen molar-refractivity contribution in [1.82, 2.24) is 10.1 Å². The minimum atomic E-state index is -3.90. The van der Waals surface area contributed by atoms with Crippen molar-refractivity contribution >= 4 is 26.4 Å². The summed E-state index contributed by atoms with van der Waals surface area (Å²) in [7, 11) is -2.46. The third-order valence-corrected chi connectivity index (χ3v) is 7.02. The standard InChI is InChI=1S/C18H19N3O5S2/c1-10-4-5-13(24-3)15(8-10)28(22,23)21-18-16(17-19-11(2)20-26-17)12-6-7-25-9-14(12)27-18/h4-5,8,21H,6-7,9H2,1-3H3. The molecule has 0 aliphatic carbocycles. The van der Waals surface area contributed by atoms with Gasteiger partial charge in [0.05, 0.1) is 25.9 Å². The SMILES string of the molecule is COc1ccc(C)cc1S(=O)(=O)Nc1sc2c(c1-c1nc(C)no1)CCOC2. The number of hydrogen-bond donors (Lipinski definition) is 1. The van der Waals surface area contributed by atoms with Crippen LogP contribution < -0.4 is 9.46 Å². The number of fused-ring (bicyclic) bond motifs is 1. The molecule has 8 nitrogen and oxygen atoms in total. The number of methoxy groups -OCH3 is 1. The van der Waals surface area contributed by atoms with E-state index in [-0.39, 0.29) is 10.6 Å². The maximum atomic E-state index is 13.2. The molecule has 3 heterocycles. The Kier molecular flexibility index (Phi) is 4.86. The number of nitrogens with zero attached hydrogens (tertiary/aromatic N) is 2. The number of sulfonamides is 1. The van der Waals surface area contributed by atoms with E-state index in [1.807, 2.05) is 6.92 Å². The lowest BCUT2D eigenvalue weighted by molar-refractivity contribution is 0.113. The van der Waals surface area contributed by atoms with Crippen LogP contribution in [0.25, 0.3) is 11.5 Å². The minimum Gasteiger partial charge on any atom is -0.495 e. The van der Waals surface area contributed by atoms with Crippen molar-refractivity contribution in [1.29, 1.82) is 0 Å². The van der Waals surface area contributed by atoms with Gasteiger partial charge in [0.1, 0.15) is 15.6 Å². The summed E-state index contributed by atoms with van der Waals surface area (Å²) in [5.74, 6) is 1.06. The van der Waals surface area contributed by atoms with Gasteiger partial charge in [0, 0.05) is 4.88 Å². The van der Waals surface area contributed by atoms with Crippen LogP contribution in [0.4, 0.5) is 5.00 Å². The number of rotatable bonds is 5. The van der Waals surface area contributed by atoms with Crippen molar-refractivity contribution in [2.24, 2.45) is 0 Å². The van der Waals surface area contributed by atoms with Crippen LogP contribution in [0.3, 0.4) is 0 Å². The quantitative estimate of drug-likeness (QED) is 0.674. The minimum absolute atomic E-state index is 0.0743. The summed E-state index contributed by atoms with van der Waals surface area (Å²) in [5, 5.41) is 4.28. The highest BCUT2D eigenvalue weighted by atomic mass is 32.2. The molecule has 0 atom stereocenters. The van der Waals surface area contributed by atoms with Crippen molar-refractivity contribution in [3.8, 4) is 17.2 Å². The molecule has 0 saturated carbocycles. The van der Waals surface area contributed by atoms with Crippen LogP contribution >= 0.6 is 11.3 Å². The fraction of sp³-hybridized carbons (Fsp3) is 0.333. The number of hydrogen-bond acceptors (Lipinski definition) is 8. The first-order valence-electron chi connectivity index (χ1n) is 8.59. The Hall–Kier alpha value is -2.43. The molecule has 1 N–H and O–H groups in total. The number of ether oxygens (including phenoxy) is 2. The van der Waals surface area contributed by atoms with Crippen molar-refractivity contribution in [3.63, 3.8) is 0 Å². The molecular formula is C18H19N3O5S2. The van der Waals surface area contributed by atoms with Crippen molar-refractivity contribution in [2.75, 3.05) is 18.4 Å². The van der Waals surface area contributed by atoms with Gasteiger partial charge in [-0.25, -0.2) is 8.42 Å². The van der Waals surface area contributed by atoms with Gasteiger partial charge >= 0.3 is 0 Å². The molecule has 28 heavy (non-hydrogen) atoms.